The van der Waals surface area contributed by atoms with Crippen molar-refractivity contribution in [1.82, 2.24) is 20.3 Å². The first-order chi connectivity index (χ1) is 17.6. The summed E-state index contributed by atoms with van der Waals surface area (Å²) in [6.07, 6.45) is 7.86. The van der Waals surface area contributed by atoms with E-state index in [1.54, 1.807) is 23.5 Å². The highest BCUT2D eigenvalue weighted by atomic mass is 32.2. The fourth-order valence-electron chi connectivity index (χ4n) is 4.60. The lowest BCUT2D eigenvalue weighted by atomic mass is 9.91. The third kappa shape index (κ3) is 5.57. The van der Waals surface area contributed by atoms with Crippen molar-refractivity contribution in [2.24, 2.45) is 0 Å². The van der Waals surface area contributed by atoms with Crippen LogP contribution in [0.3, 0.4) is 0 Å². The van der Waals surface area contributed by atoms with Crippen LogP contribution in [-0.2, 0) is 26.8 Å². The first-order valence-corrected chi connectivity index (χ1v) is 14.3. The highest BCUT2D eigenvalue weighted by molar-refractivity contribution is 7.90. The van der Waals surface area contributed by atoms with Crippen LogP contribution >= 0.6 is 0 Å². The van der Waals surface area contributed by atoms with Gasteiger partial charge in [0.05, 0.1) is 23.3 Å². The molecule has 1 amide bonds. The number of sulfone groups is 1. The number of ether oxygens (including phenoxy) is 1. The number of anilines is 3. The number of hydrogen-bond donors (Lipinski definition) is 2. The van der Waals surface area contributed by atoms with E-state index in [0.29, 0.717) is 31.2 Å². The van der Waals surface area contributed by atoms with Gasteiger partial charge in [0.2, 0.25) is 11.9 Å². The van der Waals surface area contributed by atoms with Gasteiger partial charge in [-0.3, -0.25) is 9.78 Å². The summed E-state index contributed by atoms with van der Waals surface area (Å²) in [5.74, 6) is 1.35. The lowest BCUT2D eigenvalue weighted by Crippen LogP contribution is -2.31. The van der Waals surface area contributed by atoms with E-state index >= 15 is 0 Å². The van der Waals surface area contributed by atoms with Crippen molar-refractivity contribution in [1.29, 1.82) is 0 Å². The Labute approximate surface area is 216 Å². The van der Waals surface area contributed by atoms with Crippen LogP contribution in [0.15, 0.2) is 42.9 Å². The van der Waals surface area contributed by atoms with E-state index in [1.807, 2.05) is 38.1 Å². The number of nitrogens with one attached hydrogen (secondary N) is 2. The molecule has 1 fully saturated rings. The molecule has 2 aromatic heterocycles. The Morgan fingerprint density at radius 1 is 1.14 bits per heavy atom. The second-order valence-electron chi connectivity index (χ2n) is 9.91. The number of hydrogen-bond acceptors (Lipinski definition) is 9. The van der Waals surface area contributed by atoms with Gasteiger partial charge in [-0.05, 0) is 44.0 Å². The van der Waals surface area contributed by atoms with Gasteiger partial charge in [-0.25, -0.2) is 18.4 Å². The van der Waals surface area contributed by atoms with Gasteiger partial charge in [0.15, 0.2) is 0 Å². The molecule has 3 aromatic rings. The number of amides is 1. The van der Waals surface area contributed by atoms with Crippen molar-refractivity contribution in [3.05, 3.63) is 54.1 Å². The van der Waals surface area contributed by atoms with Gasteiger partial charge >= 0.3 is 0 Å². The quantitative estimate of drug-likeness (QED) is 0.429. The molecule has 0 bridgehead atoms. The van der Waals surface area contributed by atoms with Crippen molar-refractivity contribution in [3.63, 3.8) is 0 Å². The van der Waals surface area contributed by atoms with Gasteiger partial charge in [-0.1, -0.05) is 0 Å². The molecule has 2 N–H and O–H groups in total. The zero-order chi connectivity index (χ0) is 26.2. The van der Waals surface area contributed by atoms with E-state index in [4.69, 9.17) is 9.72 Å². The number of carbonyl (C=O) groups is 1. The van der Waals surface area contributed by atoms with E-state index in [9.17, 15) is 13.2 Å². The van der Waals surface area contributed by atoms with E-state index in [0.717, 1.165) is 46.7 Å². The molecular weight excluding hydrogens is 492 g/mol. The minimum absolute atomic E-state index is 0.0833. The van der Waals surface area contributed by atoms with Gasteiger partial charge < -0.3 is 20.3 Å². The Balaban J connectivity index is 1.35. The molecule has 1 saturated heterocycles. The molecule has 4 heterocycles. The van der Waals surface area contributed by atoms with Crippen LogP contribution in [-0.4, -0.2) is 54.4 Å². The molecule has 11 heteroatoms. The lowest BCUT2D eigenvalue weighted by Gasteiger charge is -2.34. The summed E-state index contributed by atoms with van der Waals surface area (Å²) in [5, 5.41) is 6.33. The molecule has 0 radical (unpaired) electrons. The summed E-state index contributed by atoms with van der Waals surface area (Å²) in [6.45, 7) is 5.51. The molecule has 2 aliphatic heterocycles. The summed E-state index contributed by atoms with van der Waals surface area (Å²) >= 11 is 0. The zero-order valence-electron chi connectivity index (χ0n) is 21.1. The van der Waals surface area contributed by atoms with Crippen LogP contribution in [0.5, 0.6) is 5.75 Å². The maximum absolute atomic E-state index is 12.2. The van der Waals surface area contributed by atoms with Crippen LogP contribution in [0.4, 0.5) is 17.3 Å². The van der Waals surface area contributed by atoms with Gasteiger partial charge in [0, 0.05) is 67.6 Å². The number of nitrogens with zero attached hydrogens (tertiary/aromatic N) is 4. The topological polar surface area (TPSA) is 126 Å². The Bertz CT molecular complexity index is 1460. The van der Waals surface area contributed by atoms with Gasteiger partial charge in [0.25, 0.3) is 0 Å². The van der Waals surface area contributed by atoms with Gasteiger partial charge in [-0.2, -0.15) is 0 Å². The Morgan fingerprint density at radius 2 is 1.97 bits per heavy atom. The molecule has 0 unspecified atom stereocenters. The number of rotatable bonds is 8. The first kappa shape index (κ1) is 25.1. The second-order valence-corrected chi connectivity index (χ2v) is 12.2. The standard InChI is InChI=1S/C26H30N6O4S/c1-26(2)24-21(20-7-6-19(12-22(20)36-26)32-9-4-5-23(32)33)16-29-25(31-24)30-18-11-17(14-28-15-18)13-27-8-10-37(3,34)35/h6-7,11-12,14-16,27H,4-5,8-10,13H2,1-3H3,(H,29,30,31). The molecular formula is C26H30N6O4S. The molecule has 5 rings (SSSR count). The number of benzene rings is 1. The molecule has 0 saturated carbocycles. The average molecular weight is 523 g/mol. The third-order valence-corrected chi connectivity index (χ3v) is 7.34. The van der Waals surface area contributed by atoms with E-state index in [2.05, 4.69) is 20.6 Å². The first-order valence-electron chi connectivity index (χ1n) is 12.2. The fourth-order valence-corrected chi connectivity index (χ4v) is 5.12. The largest absolute Gasteiger partial charge is 0.481 e. The third-order valence-electron chi connectivity index (χ3n) is 6.39. The summed E-state index contributed by atoms with van der Waals surface area (Å²) in [4.78, 5) is 27.6. The molecule has 0 spiro atoms. The Morgan fingerprint density at radius 3 is 2.73 bits per heavy atom. The summed E-state index contributed by atoms with van der Waals surface area (Å²) < 4.78 is 29.0. The lowest BCUT2D eigenvalue weighted by molar-refractivity contribution is -0.117. The van der Waals surface area contributed by atoms with Crippen molar-refractivity contribution in [2.75, 3.05) is 35.3 Å². The molecule has 194 valence electrons. The van der Waals surface area contributed by atoms with Crippen molar-refractivity contribution in [2.45, 2.75) is 38.8 Å². The molecule has 0 atom stereocenters. The summed E-state index contributed by atoms with van der Waals surface area (Å²) in [5.41, 5.74) is 4.29. The number of fused-ring (bicyclic) bond motifs is 3. The average Bonchev–Trinajstić information content (AvgIpc) is 3.27. The van der Waals surface area contributed by atoms with Crippen molar-refractivity contribution < 1.29 is 17.9 Å². The van der Waals surface area contributed by atoms with Crippen LogP contribution in [0.1, 0.15) is 37.9 Å². The van der Waals surface area contributed by atoms with Crippen LogP contribution in [0, 0.1) is 0 Å². The highest BCUT2D eigenvalue weighted by Gasteiger charge is 2.35. The normalized spacial score (nSPS) is 16.2. The molecule has 2 aliphatic rings. The molecule has 37 heavy (non-hydrogen) atoms. The SMILES string of the molecule is CC1(C)Oc2cc(N3CCCC3=O)ccc2-c2cnc(Nc3cncc(CNCCS(C)(=O)=O)c3)nc21. The van der Waals surface area contributed by atoms with Gasteiger partial charge in [0.1, 0.15) is 21.2 Å². The number of carbonyl (C=O) groups excluding carboxylic acids is 1. The number of pyridine rings is 1. The van der Waals surface area contributed by atoms with Gasteiger partial charge in [-0.15, -0.1) is 0 Å². The Hall–Kier alpha value is -3.57. The van der Waals surface area contributed by atoms with Crippen LogP contribution in [0.25, 0.3) is 11.1 Å². The minimum atomic E-state index is -3.00. The molecule has 1 aromatic carbocycles. The second kappa shape index (κ2) is 9.71. The zero-order valence-corrected chi connectivity index (χ0v) is 21.9. The van der Waals surface area contributed by atoms with E-state index < -0.39 is 15.4 Å². The predicted molar refractivity (Wildman–Crippen MR) is 142 cm³/mol. The summed E-state index contributed by atoms with van der Waals surface area (Å²) in [6, 6.07) is 7.75. The van der Waals surface area contributed by atoms with E-state index in [-0.39, 0.29) is 11.7 Å². The smallest absolute Gasteiger partial charge is 0.227 e. The Kier molecular flexibility index (Phi) is 6.59. The summed E-state index contributed by atoms with van der Waals surface area (Å²) in [7, 11) is -3.00. The monoisotopic (exact) mass is 522 g/mol. The van der Waals surface area contributed by atoms with E-state index in [1.165, 1.54) is 6.26 Å². The predicted octanol–water partition coefficient (Wildman–Crippen LogP) is 3.17. The maximum Gasteiger partial charge on any atom is 0.227 e. The maximum atomic E-state index is 12.2. The fraction of sp³-hybridized carbons (Fsp3) is 0.385. The van der Waals surface area contributed by atoms with Crippen LogP contribution in [0.2, 0.25) is 0 Å². The van der Waals surface area contributed by atoms with Crippen LogP contribution < -0.4 is 20.3 Å². The molecule has 0 aliphatic carbocycles. The highest BCUT2D eigenvalue weighted by Crippen LogP contribution is 2.46. The molecule has 10 nitrogen and oxygen atoms in total. The van der Waals surface area contributed by atoms with Crippen molar-refractivity contribution >= 4 is 33.1 Å². The van der Waals surface area contributed by atoms with Crippen molar-refractivity contribution in [3.8, 4) is 16.9 Å². The number of aromatic nitrogens is 3. The minimum Gasteiger partial charge on any atom is -0.481 e.